The van der Waals surface area contributed by atoms with Crippen LogP contribution in [0.15, 0.2) is 47.7 Å². The normalized spacial score (nSPS) is 16.4. The number of nitrogens with one attached hydrogen (secondary N) is 2. The number of aliphatic imine (C=N–C) groups is 1. The molecule has 0 saturated carbocycles. The Labute approximate surface area is 189 Å². The van der Waals surface area contributed by atoms with Gasteiger partial charge in [-0.3, -0.25) is 4.99 Å². The van der Waals surface area contributed by atoms with E-state index in [9.17, 15) is 8.42 Å². The van der Waals surface area contributed by atoms with E-state index in [-0.39, 0.29) is 29.7 Å². The molecule has 8 nitrogen and oxygen atoms in total. The largest absolute Gasteiger partial charge is 0.357 e. The van der Waals surface area contributed by atoms with Crippen LogP contribution in [0.2, 0.25) is 0 Å². The van der Waals surface area contributed by atoms with Crippen molar-refractivity contribution < 1.29 is 8.42 Å². The van der Waals surface area contributed by atoms with Crippen molar-refractivity contribution >= 4 is 40.0 Å². The second-order valence-electron chi connectivity index (χ2n) is 6.62. The van der Waals surface area contributed by atoms with E-state index >= 15 is 0 Å². The monoisotopic (exact) mass is 532 g/mol. The summed E-state index contributed by atoms with van der Waals surface area (Å²) in [6.07, 6.45) is 5.26. The molecule has 0 radical (unpaired) electrons. The van der Waals surface area contributed by atoms with Gasteiger partial charge < -0.3 is 10.6 Å². The van der Waals surface area contributed by atoms with Crippen LogP contribution in [-0.4, -0.2) is 66.9 Å². The summed E-state index contributed by atoms with van der Waals surface area (Å²) in [6, 6.07) is 10.2. The third-order valence-electron chi connectivity index (χ3n) is 4.58. The molecule has 2 N–H and O–H groups in total. The molecule has 0 atom stereocenters. The van der Waals surface area contributed by atoms with E-state index in [0.29, 0.717) is 32.0 Å². The van der Waals surface area contributed by atoms with E-state index in [4.69, 9.17) is 0 Å². The number of guanidine groups is 1. The predicted octanol–water partition coefficient (Wildman–Crippen LogP) is 1.62. The Morgan fingerprint density at radius 2 is 2.03 bits per heavy atom. The van der Waals surface area contributed by atoms with Crippen LogP contribution >= 0.6 is 24.0 Å². The van der Waals surface area contributed by atoms with Crippen LogP contribution in [0.25, 0.3) is 5.69 Å². The van der Waals surface area contributed by atoms with Gasteiger partial charge in [-0.15, -0.1) is 24.0 Å². The number of nitrogens with zero attached hydrogens (tertiary/aromatic N) is 4. The number of hydrogen-bond acceptors (Lipinski definition) is 4. The van der Waals surface area contributed by atoms with E-state index < -0.39 is 10.0 Å². The maximum Gasteiger partial charge on any atom is 0.214 e. The fourth-order valence-corrected chi connectivity index (χ4v) is 4.64. The highest BCUT2D eigenvalue weighted by atomic mass is 127. The Bertz CT molecular complexity index is 869. The van der Waals surface area contributed by atoms with Gasteiger partial charge in [0, 0.05) is 38.6 Å². The molecule has 1 aliphatic rings. The summed E-state index contributed by atoms with van der Waals surface area (Å²) in [4.78, 5) is 4.50. The number of sulfonamides is 1. The van der Waals surface area contributed by atoms with E-state index in [0.717, 1.165) is 25.2 Å². The molecule has 0 aliphatic carbocycles. The molecule has 29 heavy (non-hydrogen) atoms. The number of halogens is 1. The Kier molecular flexibility index (Phi) is 9.37. The Balaban J connectivity index is 0.00000300. The van der Waals surface area contributed by atoms with Gasteiger partial charge in [0.05, 0.1) is 18.0 Å². The van der Waals surface area contributed by atoms with Gasteiger partial charge >= 0.3 is 0 Å². The number of benzene rings is 1. The van der Waals surface area contributed by atoms with Crippen LogP contribution in [0.4, 0.5) is 0 Å². The first kappa shape index (κ1) is 23.6. The summed E-state index contributed by atoms with van der Waals surface area (Å²) in [5.74, 6) is 0.973. The highest BCUT2D eigenvalue weighted by Crippen LogP contribution is 2.12. The molecule has 160 valence electrons. The zero-order valence-corrected chi connectivity index (χ0v) is 19.8. The minimum Gasteiger partial charge on any atom is -0.357 e. The minimum absolute atomic E-state index is 0. The van der Waals surface area contributed by atoms with Crippen LogP contribution in [0.1, 0.15) is 18.9 Å². The third-order valence-corrected chi connectivity index (χ3v) is 6.53. The maximum atomic E-state index is 11.8. The van der Waals surface area contributed by atoms with E-state index in [1.807, 2.05) is 23.9 Å². The van der Waals surface area contributed by atoms with Crippen LogP contribution in [0, 0.1) is 0 Å². The van der Waals surface area contributed by atoms with Gasteiger partial charge in [-0.1, -0.05) is 12.1 Å². The molecule has 2 aromatic rings. The number of rotatable bonds is 8. The Morgan fingerprint density at radius 1 is 1.24 bits per heavy atom. The summed E-state index contributed by atoms with van der Waals surface area (Å²) in [5, 5.41) is 10.7. The minimum atomic E-state index is -3.05. The van der Waals surface area contributed by atoms with Crippen LogP contribution in [-0.2, 0) is 16.4 Å². The van der Waals surface area contributed by atoms with Crippen LogP contribution in [0.3, 0.4) is 0 Å². The summed E-state index contributed by atoms with van der Waals surface area (Å²) in [7, 11) is -3.05. The van der Waals surface area contributed by atoms with Gasteiger partial charge in [0.2, 0.25) is 10.0 Å². The van der Waals surface area contributed by atoms with Crippen LogP contribution in [0.5, 0.6) is 0 Å². The summed E-state index contributed by atoms with van der Waals surface area (Å²) in [5.41, 5.74) is 2.26. The van der Waals surface area contributed by atoms with Gasteiger partial charge in [0.1, 0.15) is 0 Å². The fraction of sp³-hybridized carbons (Fsp3) is 0.474. The van der Waals surface area contributed by atoms with Crippen LogP contribution < -0.4 is 10.6 Å². The third kappa shape index (κ3) is 6.96. The molecule has 1 aromatic heterocycles. The van der Waals surface area contributed by atoms with Gasteiger partial charge in [0.15, 0.2) is 5.96 Å². The van der Waals surface area contributed by atoms with Gasteiger partial charge in [-0.05, 0) is 43.5 Å². The fourth-order valence-electron chi connectivity index (χ4n) is 3.12. The molecular formula is C19H29IN6O2S. The van der Waals surface area contributed by atoms with Gasteiger partial charge in [-0.2, -0.15) is 5.10 Å². The lowest BCUT2D eigenvalue weighted by Crippen LogP contribution is -2.39. The molecule has 1 fully saturated rings. The SMILES string of the molecule is CCNC(=NCCN1CCCS1(=O)=O)NCCc1ccc(-n2cccn2)cc1.I. The van der Waals surface area contributed by atoms with Gasteiger partial charge in [0.25, 0.3) is 0 Å². The van der Waals surface area contributed by atoms with E-state index in [1.165, 1.54) is 9.87 Å². The van der Waals surface area contributed by atoms with Gasteiger partial charge in [-0.25, -0.2) is 17.4 Å². The van der Waals surface area contributed by atoms with Crippen molar-refractivity contribution in [2.45, 2.75) is 19.8 Å². The summed E-state index contributed by atoms with van der Waals surface area (Å²) >= 11 is 0. The smallest absolute Gasteiger partial charge is 0.214 e. The second-order valence-corrected chi connectivity index (χ2v) is 8.71. The standard InChI is InChI=1S/C19H28N6O2S.HI/c1-2-20-19(22-12-15-24-13-4-16-28(24,26)27)21-11-9-17-5-7-18(8-6-17)25-14-3-10-23-25;/h3,5-8,10,14H,2,4,9,11-13,15-16H2,1H3,(H2,20,21,22);1H. The highest BCUT2D eigenvalue weighted by Gasteiger charge is 2.27. The molecule has 1 aliphatic heterocycles. The second kappa shape index (κ2) is 11.5. The lowest BCUT2D eigenvalue weighted by molar-refractivity contribution is 0.452. The Hall–Kier alpha value is -1.66. The van der Waals surface area contributed by atoms with E-state index in [1.54, 1.807) is 6.20 Å². The van der Waals surface area contributed by atoms with Crippen molar-refractivity contribution in [3.63, 3.8) is 0 Å². The zero-order valence-electron chi connectivity index (χ0n) is 16.6. The maximum absolute atomic E-state index is 11.8. The number of hydrogen-bond donors (Lipinski definition) is 2. The first-order chi connectivity index (χ1) is 13.6. The summed E-state index contributed by atoms with van der Waals surface area (Å²) in [6.45, 7) is 5.01. The van der Waals surface area contributed by atoms with E-state index in [2.05, 4.69) is 45.0 Å². The molecular weight excluding hydrogens is 503 g/mol. The highest BCUT2D eigenvalue weighted by molar-refractivity contribution is 14.0. The topological polar surface area (TPSA) is 91.6 Å². The molecule has 0 bridgehead atoms. The molecule has 0 amide bonds. The molecule has 10 heteroatoms. The molecule has 2 heterocycles. The average Bonchev–Trinajstić information content (AvgIpc) is 3.32. The lowest BCUT2D eigenvalue weighted by atomic mass is 10.1. The van der Waals surface area contributed by atoms with Crippen molar-refractivity contribution in [2.75, 3.05) is 38.5 Å². The lowest BCUT2D eigenvalue weighted by Gasteiger charge is -2.14. The van der Waals surface area contributed by atoms with Crippen molar-refractivity contribution in [1.29, 1.82) is 0 Å². The summed E-state index contributed by atoms with van der Waals surface area (Å²) < 4.78 is 27.0. The average molecular weight is 532 g/mol. The predicted molar refractivity (Wildman–Crippen MR) is 127 cm³/mol. The zero-order chi connectivity index (χ0) is 19.8. The van der Waals surface area contributed by atoms with Crippen molar-refractivity contribution in [3.8, 4) is 5.69 Å². The molecule has 0 spiro atoms. The molecule has 3 rings (SSSR count). The molecule has 1 saturated heterocycles. The van der Waals surface area contributed by atoms with Crippen molar-refractivity contribution in [1.82, 2.24) is 24.7 Å². The molecule has 1 aromatic carbocycles. The number of aromatic nitrogens is 2. The quantitative estimate of drug-likeness (QED) is 0.307. The van der Waals surface area contributed by atoms with Crippen molar-refractivity contribution in [2.24, 2.45) is 4.99 Å². The Morgan fingerprint density at radius 3 is 2.66 bits per heavy atom. The first-order valence-electron chi connectivity index (χ1n) is 9.67. The molecule has 0 unspecified atom stereocenters. The van der Waals surface area contributed by atoms with Crippen molar-refractivity contribution in [3.05, 3.63) is 48.3 Å². The first-order valence-corrected chi connectivity index (χ1v) is 11.3.